The predicted molar refractivity (Wildman–Crippen MR) is 64.8 cm³/mol. The van der Waals surface area contributed by atoms with Gasteiger partial charge in [0.25, 0.3) is 0 Å². The maximum atomic E-state index is 12.5. The van der Waals surface area contributed by atoms with Crippen LogP contribution in [-0.4, -0.2) is 39.0 Å². The highest BCUT2D eigenvalue weighted by molar-refractivity contribution is 5.90. The number of aryl methyl sites for hydroxylation is 1. The first-order valence-electron chi connectivity index (χ1n) is 5.85. The Kier molecular flexibility index (Phi) is 4.17. The smallest absolute Gasteiger partial charge is 0.341 e. The highest BCUT2D eigenvalue weighted by Crippen LogP contribution is 2.12. The second-order valence-corrected chi connectivity index (χ2v) is 3.64. The molecule has 19 heavy (non-hydrogen) atoms. The fourth-order valence-corrected chi connectivity index (χ4v) is 1.58. The third-order valence-corrected chi connectivity index (χ3v) is 2.37. The van der Waals surface area contributed by atoms with Gasteiger partial charge in [0.2, 0.25) is 5.95 Å². The molecule has 100 valence electrons. The van der Waals surface area contributed by atoms with E-state index in [1.165, 1.54) is 10.9 Å². The summed E-state index contributed by atoms with van der Waals surface area (Å²) in [5.74, 6) is -0.203. The first-order chi connectivity index (χ1) is 9.26. The molecule has 0 saturated heterocycles. The third kappa shape index (κ3) is 2.93. The van der Waals surface area contributed by atoms with Gasteiger partial charge in [-0.2, -0.15) is 5.10 Å². The molecule has 0 N–H and O–H groups in total. The molecular formula is C12H13FN4O2. The number of carbonyl (C=O) groups is 1. The maximum absolute atomic E-state index is 12.5. The molecular weight excluding hydrogens is 251 g/mol. The number of hydrogen-bond donors (Lipinski definition) is 0. The Morgan fingerprint density at radius 2 is 2.16 bits per heavy atom. The molecule has 0 aliphatic carbocycles. The molecule has 6 nitrogen and oxygen atoms in total. The number of rotatable bonds is 5. The van der Waals surface area contributed by atoms with Gasteiger partial charge >= 0.3 is 5.97 Å². The average molecular weight is 264 g/mol. The number of alkyl halides is 1. The lowest BCUT2D eigenvalue weighted by atomic mass is 10.2. The lowest BCUT2D eigenvalue weighted by molar-refractivity contribution is 0.0525. The second-order valence-electron chi connectivity index (χ2n) is 3.64. The number of esters is 1. The minimum absolute atomic E-state index is 0.0496. The Morgan fingerprint density at radius 3 is 2.79 bits per heavy atom. The number of hydrogen-bond acceptors (Lipinski definition) is 5. The number of nitrogens with zero attached hydrogens (tertiary/aromatic N) is 4. The van der Waals surface area contributed by atoms with E-state index in [9.17, 15) is 9.18 Å². The lowest BCUT2D eigenvalue weighted by Gasteiger charge is -1.99. The average Bonchev–Trinajstić information content (AvgIpc) is 2.85. The minimum atomic E-state index is -0.598. The maximum Gasteiger partial charge on any atom is 0.341 e. The fraction of sp³-hybridized carbons (Fsp3) is 0.333. The Labute approximate surface area is 109 Å². The van der Waals surface area contributed by atoms with Gasteiger partial charge in [-0.25, -0.2) is 19.4 Å². The Balaban J connectivity index is 2.37. The van der Waals surface area contributed by atoms with Crippen LogP contribution in [0.15, 0.2) is 24.7 Å². The minimum Gasteiger partial charge on any atom is -0.462 e. The Hall–Kier alpha value is -2.31. The van der Waals surface area contributed by atoms with Crippen molar-refractivity contribution in [2.24, 2.45) is 0 Å². The molecule has 0 atom stereocenters. The van der Waals surface area contributed by atoms with Gasteiger partial charge in [-0.15, -0.1) is 0 Å². The molecule has 0 unspecified atom stereocenters. The summed E-state index contributed by atoms with van der Waals surface area (Å²) in [6.07, 6.45) is 4.62. The molecule has 2 rings (SSSR count). The molecule has 0 fully saturated rings. The molecule has 0 aliphatic rings. The summed E-state index contributed by atoms with van der Waals surface area (Å²) in [5.41, 5.74) is 0.584. The SMILES string of the molecule is CCOC(=O)c1cn(-c2ncccn2)nc1CCF. The normalized spacial score (nSPS) is 10.4. The first-order valence-corrected chi connectivity index (χ1v) is 5.85. The highest BCUT2D eigenvalue weighted by atomic mass is 19.1. The molecule has 0 aromatic carbocycles. The van der Waals surface area contributed by atoms with Crippen LogP contribution in [0.4, 0.5) is 4.39 Å². The molecule has 2 aromatic rings. The monoisotopic (exact) mass is 264 g/mol. The number of carbonyl (C=O) groups excluding carboxylic acids is 1. The summed E-state index contributed by atoms with van der Waals surface area (Å²) in [7, 11) is 0. The van der Waals surface area contributed by atoms with E-state index in [2.05, 4.69) is 15.1 Å². The first kappa shape index (κ1) is 13.1. The van der Waals surface area contributed by atoms with Crippen LogP contribution in [-0.2, 0) is 11.2 Å². The molecule has 0 saturated carbocycles. The van der Waals surface area contributed by atoms with Crippen molar-refractivity contribution in [3.63, 3.8) is 0 Å². The lowest BCUT2D eigenvalue weighted by Crippen LogP contribution is -2.07. The van der Waals surface area contributed by atoms with Gasteiger partial charge in [0, 0.05) is 25.0 Å². The molecule has 2 heterocycles. The van der Waals surface area contributed by atoms with Crippen molar-refractivity contribution in [3.05, 3.63) is 35.9 Å². The fourth-order valence-electron chi connectivity index (χ4n) is 1.58. The number of halogens is 1. The number of aromatic nitrogens is 4. The highest BCUT2D eigenvalue weighted by Gasteiger charge is 2.18. The predicted octanol–water partition coefficient (Wildman–Crippen LogP) is 1.35. The van der Waals surface area contributed by atoms with Crippen molar-refractivity contribution in [2.75, 3.05) is 13.3 Å². The van der Waals surface area contributed by atoms with Gasteiger partial charge < -0.3 is 4.74 Å². The van der Waals surface area contributed by atoms with Crippen LogP contribution in [0.3, 0.4) is 0 Å². The summed E-state index contributed by atoms with van der Waals surface area (Å²) in [6, 6.07) is 1.67. The standard InChI is InChI=1S/C12H13FN4O2/c1-2-19-11(18)9-8-17(16-10(9)4-5-13)12-14-6-3-7-15-12/h3,6-8H,2,4-5H2,1H3. The zero-order valence-corrected chi connectivity index (χ0v) is 10.4. The molecule has 0 bridgehead atoms. The summed E-state index contributed by atoms with van der Waals surface area (Å²) < 4.78 is 18.7. The van der Waals surface area contributed by atoms with E-state index in [0.29, 0.717) is 11.6 Å². The molecule has 7 heteroatoms. The zero-order valence-electron chi connectivity index (χ0n) is 10.4. The van der Waals surface area contributed by atoms with E-state index in [1.807, 2.05) is 0 Å². The summed E-state index contributed by atoms with van der Waals surface area (Å²) >= 11 is 0. The molecule has 0 aliphatic heterocycles. The van der Waals surface area contributed by atoms with Crippen molar-refractivity contribution < 1.29 is 13.9 Å². The van der Waals surface area contributed by atoms with Gasteiger partial charge in [0.05, 0.1) is 19.0 Å². The van der Waals surface area contributed by atoms with E-state index < -0.39 is 12.6 Å². The van der Waals surface area contributed by atoms with Crippen LogP contribution >= 0.6 is 0 Å². The van der Waals surface area contributed by atoms with Gasteiger partial charge in [0.1, 0.15) is 5.56 Å². The topological polar surface area (TPSA) is 69.9 Å². The van der Waals surface area contributed by atoms with Crippen LogP contribution in [0.25, 0.3) is 5.95 Å². The van der Waals surface area contributed by atoms with E-state index >= 15 is 0 Å². The van der Waals surface area contributed by atoms with E-state index in [-0.39, 0.29) is 18.6 Å². The molecule has 0 radical (unpaired) electrons. The zero-order chi connectivity index (χ0) is 13.7. The molecule has 0 spiro atoms. The second kappa shape index (κ2) is 6.03. The third-order valence-electron chi connectivity index (χ3n) is 2.37. The summed E-state index contributed by atoms with van der Waals surface area (Å²) in [5, 5.41) is 4.12. The molecule has 0 amide bonds. The van der Waals surface area contributed by atoms with Gasteiger partial charge in [-0.05, 0) is 13.0 Å². The summed E-state index contributed by atoms with van der Waals surface area (Å²) in [6.45, 7) is 1.36. The van der Waals surface area contributed by atoms with E-state index in [4.69, 9.17) is 4.74 Å². The van der Waals surface area contributed by atoms with E-state index in [1.54, 1.807) is 25.4 Å². The van der Waals surface area contributed by atoms with Crippen molar-refractivity contribution >= 4 is 5.97 Å². The van der Waals surface area contributed by atoms with Crippen LogP contribution in [0, 0.1) is 0 Å². The summed E-state index contributed by atoms with van der Waals surface area (Å²) in [4.78, 5) is 19.8. The van der Waals surface area contributed by atoms with Gasteiger partial charge in [0.15, 0.2) is 0 Å². The van der Waals surface area contributed by atoms with Crippen molar-refractivity contribution in [1.29, 1.82) is 0 Å². The van der Waals surface area contributed by atoms with Crippen LogP contribution in [0.5, 0.6) is 0 Å². The largest absolute Gasteiger partial charge is 0.462 e. The van der Waals surface area contributed by atoms with Crippen LogP contribution in [0.2, 0.25) is 0 Å². The Morgan fingerprint density at radius 1 is 1.42 bits per heavy atom. The molecule has 2 aromatic heterocycles. The van der Waals surface area contributed by atoms with Crippen LogP contribution in [0.1, 0.15) is 23.0 Å². The van der Waals surface area contributed by atoms with Crippen molar-refractivity contribution in [1.82, 2.24) is 19.7 Å². The van der Waals surface area contributed by atoms with Gasteiger partial charge in [-0.3, -0.25) is 4.39 Å². The van der Waals surface area contributed by atoms with Crippen molar-refractivity contribution in [2.45, 2.75) is 13.3 Å². The van der Waals surface area contributed by atoms with E-state index in [0.717, 1.165) is 0 Å². The Bertz CT molecular complexity index is 556. The van der Waals surface area contributed by atoms with Gasteiger partial charge in [-0.1, -0.05) is 0 Å². The quantitative estimate of drug-likeness (QED) is 0.762. The van der Waals surface area contributed by atoms with Crippen molar-refractivity contribution in [3.8, 4) is 5.95 Å². The number of ether oxygens (including phenoxy) is 1. The van der Waals surface area contributed by atoms with Crippen LogP contribution < -0.4 is 0 Å².